The van der Waals surface area contributed by atoms with Crippen molar-refractivity contribution in [1.82, 2.24) is 9.38 Å². The molecule has 0 fully saturated rings. The summed E-state index contributed by atoms with van der Waals surface area (Å²) in [6, 6.07) is 0. The lowest BCUT2D eigenvalue weighted by molar-refractivity contribution is 1.12. The van der Waals surface area contributed by atoms with Crippen molar-refractivity contribution in [3.63, 3.8) is 0 Å². The zero-order valence-corrected chi connectivity index (χ0v) is 7.35. The van der Waals surface area contributed by atoms with E-state index in [0.29, 0.717) is 0 Å². The van der Waals surface area contributed by atoms with E-state index in [0.717, 1.165) is 15.5 Å². The third kappa shape index (κ3) is 0.831. The number of nitrogens with two attached hydrogens (primary N) is 1. The highest BCUT2D eigenvalue weighted by Crippen LogP contribution is 2.20. The molecule has 4 nitrogen and oxygen atoms in total. The summed E-state index contributed by atoms with van der Waals surface area (Å²) in [7, 11) is 0. The number of rotatable bonds is 1. The van der Waals surface area contributed by atoms with E-state index in [9.17, 15) is 0 Å². The molecule has 0 unspecified atom stereocenters. The SMILES string of the molecule is Cc1c(C(=N)N)sc2nccn12. The molecule has 62 valence electrons. The lowest BCUT2D eigenvalue weighted by Crippen LogP contribution is -2.10. The average Bonchev–Trinajstić information content (AvgIpc) is 2.53. The number of hydrogen-bond donors (Lipinski definition) is 2. The first-order chi connectivity index (χ1) is 5.70. The minimum Gasteiger partial charge on any atom is -0.383 e. The Hall–Kier alpha value is -1.36. The van der Waals surface area contributed by atoms with Gasteiger partial charge in [0.25, 0.3) is 0 Å². The monoisotopic (exact) mass is 180 g/mol. The van der Waals surface area contributed by atoms with Gasteiger partial charge in [-0.15, -0.1) is 0 Å². The zero-order valence-electron chi connectivity index (χ0n) is 6.53. The van der Waals surface area contributed by atoms with Crippen LogP contribution in [-0.2, 0) is 0 Å². The molecule has 0 aromatic carbocycles. The number of fused-ring (bicyclic) bond motifs is 1. The van der Waals surface area contributed by atoms with Crippen molar-refractivity contribution >= 4 is 22.1 Å². The van der Waals surface area contributed by atoms with Gasteiger partial charge in [0.1, 0.15) is 5.84 Å². The molecule has 0 aliphatic carbocycles. The molecule has 0 bridgehead atoms. The van der Waals surface area contributed by atoms with Crippen LogP contribution in [0.4, 0.5) is 0 Å². The fraction of sp³-hybridized carbons (Fsp3) is 0.143. The quantitative estimate of drug-likeness (QED) is 0.507. The van der Waals surface area contributed by atoms with Crippen molar-refractivity contribution in [3.8, 4) is 0 Å². The number of hydrogen-bond acceptors (Lipinski definition) is 3. The molecule has 0 saturated heterocycles. The second-order valence-electron chi connectivity index (χ2n) is 2.51. The Morgan fingerprint density at radius 3 is 3.08 bits per heavy atom. The van der Waals surface area contributed by atoms with Gasteiger partial charge in [0.05, 0.1) is 4.88 Å². The fourth-order valence-electron chi connectivity index (χ4n) is 1.14. The van der Waals surface area contributed by atoms with Crippen LogP contribution in [0.25, 0.3) is 4.96 Å². The Morgan fingerprint density at radius 1 is 1.75 bits per heavy atom. The Bertz CT molecular complexity index is 439. The number of amidine groups is 1. The van der Waals surface area contributed by atoms with Crippen LogP contribution in [-0.4, -0.2) is 15.2 Å². The summed E-state index contributed by atoms with van der Waals surface area (Å²) in [6.45, 7) is 1.93. The highest BCUT2D eigenvalue weighted by atomic mass is 32.1. The molecule has 0 saturated carbocycles. The molecule has 2 aromatic heterocycles. The van der Waals surface area contributed by atoms with E-state index in [1.54, 1.807) is 6.20 Å². The van der Waals surface area contributed by atoms with Crippen LogP contribution in [0.2, 0.25) is 0 Å². The van der Waals surface area contributed by atoms with E-state index in [-0.39, 0.29) is 5.84 Å². The molecule has 2 aromatic rings. The standard InChI is InChI=1S/C7H8N4S/c1-4-5(6(8)9)12-7-10-2-3-11(4)7/h2-3H,1H3,(H3,8,9). The van der Waals surface area contributed by atoms with Gasteiger partial charge in [0.2, 0.25) is 0 Å². The molecular formula is C7H8N4S. The van der Waals surface area contributed by atoms with Gasteiger partial charge in [0.15, 0.2) is 4.96 Å². The van der Waals surface area contributed by atoms with Gasteiger partial charge < -0.3 is 5.73 Å². The van der Waals surface area contributed by atoms with Crippen molar-refractivity contribution in [1.29, 1.82) is 5.41 Å². The highest BCUT2D eigenvalue weighted by molar-refractivity contribution is 7.19. The maximum Gasteiger partial charge on any atom is 0.194 e. The number of thiazole rings is 1. The molecule has 0 spiro atoms. The summed E-state index contributed by atoms with van der Waals surface area (Å²) in [5.74, 6) is 0.114. The Morgan fingerprint density at radius 2 is 2.50 bits per heavy atom. The fourth-order valence-corrected chi connectivity index (χ4v) is 2.09. The largest absolute Gasteiger partial charge is 0.383 e. The molecule has 3 N–H and O–H groups in total. The molecule has 0 aliphatic rings. The Balaban J connectivity index is 2.78. The smallest absolute Gasteiger partial charge is 0.194 e. The second-order valence-corrected chi connectivity index (χ2v) is 3.49. The molecule has 0 atom stereocenters. The van der Waals surface area contributed by atoms with Crippen LogP contribution >= 0.6 is 11.3 Å². The number of nitrogen functional groups attached to an aromatic ring is 1. The Labute approximate surface area is 73.2 Å². The average molecular weight is 180 g/mol. The predicted octanol–water partition coefficient (Wildman–Crippen LogP) is 0.988. The van der Waals surface area contributed by atoms with Crippen LogP contribution in [0.15, 0.2) is 12.4 Å². The van der Waals surface area contributed by atoms with E-state index in [4.69, 9.17) is 11.1 Å². The molecule has 2 rings (SSSR count). The van der Waals surface area contributed by atoms with Crippen molar-refractivity contribution in [2.24, 2.45) is 5.73 Å². The van der Waals surface area contributed by atoms with Crippen LogP contribution < -0.4 is 5.73 Å². The number of aromatic nitrogens is 2. The van der Waals surface area contributed by atoms with Gasteiger partial charge in [-0.2, -0.15) is 0 Å². The summed E-state index contributed by atoms with van der Waals surface area (Å²) >= 11 is 1.44. The lowest BCUT2D eigenvalue weighted by Gasteiger charge is -1.93. The van der Waals surface area contributed by atoms with Crippen LogP contribution in [0.3, 0.4) is 0 Å². The first-order valence-corrected chi connectivity index (χ1v) is 4.28. The van der Waals surface area contributed by atoms with Crippen molar-refractivity contribution in [3.05, 3.63) is 23.0 Å². The third-order valence-corrected chi connectivity index (χ3v) is 2.94. The lowest BCUT2D eigenvalue weighted by atomic mass is 10.4. The third-order valence-electron chi connectivity index (χ3n) is 1.73. The molecule has 0 radical (unpaired) electrons. The summed E-state index contributed by atoms with van der Waals surface area (Å²) in [6.07, 6.45) is 3.61. The molecule has 5 heteroatoms. The number of aryl methyl sites for hydroxylation is 1. The van der Waals surface area contributed by atoms with E-state index in [1.807, 2.05) is 17.5 Å². The number of nitrogens with zero attached hydrogens (tertiary/aromatic N) is 2. The maximum absolute atomic E-state index is 7.29. The van der Waals surface area contributed by atoms with Crippen molar-refractivity contribution in [2.45, 2.75) is 6.92 Å². The summed E-state index contributed by atoms with van der Waals surface area (Å²) < 4.78 is 1.93. The molecule has 0 amide bonds. The maximum atomic E-state index is 7.29. The van der Waals surface area contributed by atoms with E-state index >= 15 is 0 Å². The second kappa shape index (κ2) is 2.31. The van der Waals surface area contributed by atoms with Gasteiger partial charge in [-0.25, -0.2) is 4.98 Å². The number of nitrogens with one attached hydrogen (secondary N) is 1. The van der Waals surface area contributed by atoms with Crippen molar-refractivity contribution in [2.75, 3.05) is 0 Å². The summed E-state index contributed by atoms with van der Waals surface area (Å²) in [5.41, 5.74) is 6.38. The van der Waals surface area contributed by atoms with Gasteiger partial charge in [-0.05, 0) is 6.92 Å². The Kier molecular flexibility index (Phi) is 1.41. The summed E-state index contributed by atoms with van der Waals surface area (Å²) in [5, 5.41) is 7.29. The van der Waals surface area contributed by atoms with Gasteiger partial charge in [-0.1, -0.05) is 11.3 Å². The normalized spacial score (nSPS) is 10.8. The molecule has 2 heterocycles. The first kappa shape index (κ1) is 7.30. The summed E-state index contributed by atoms with van der Waals surface area (Å²) in [4.78, 5) is 5.80. The van der Waals surface area contributed by atoms with Gasteiger partial charge in [0, 0.05) is 18.1 Å². The van der Waals surface area contributed by atoms with Crippen LogP contribution in [0.1, 0.15) is 10.6 Å². The highest BCUT2D eigenvalue weighted by Gasteiger charge is 2.09. The van der Waals surface area contributed by atoms with E-state index in [2.05, 4.69) is 4.98 Å². The van der Waals surface area contributed by atoms with Crippen molar-refractivity contribution < 1.29 is 0 Å². The van der Waals surface area contributed by atoms with Gasteiger partial charge >= 0.3 is 0 Å². The molecule has 12 heavy (non-hydrogen) atoms. The van der Waals surface area contributed by atoms with Crippen LogP contribution in [0.5, 0.6) is 0 Å². The van der Waals surface area contributed by atoms with E-state index < -0.39 is 0 Å². The predicted molar refractivity (Wildman–Crippen MR) is 48.8 cm³/mol. The minimum absolute atomic E-state index is 0.114. The molecule has 0 aliphatic heterocycles. The number of imidazole rings is 1. The van der Waals surface area contributed by atoms with Crippen LogP contribution in [0, 0.1) is 12.3 Å². The molecular weight excluding hydrogens is 172 g/mol. The van der Waals surface area contributed by atoms with E-state index in [1.165, 1.54) is 11.3 Å². The topological polar surface area (TPSA) is 67.2 Å². The minimum atomic E-state index is 0.114. The zero-order chi connectivity index (χ0) is 8.72. The van der Waals surface area contributed by atoms with Gasteiger partial charge in [-0.3, -0.25) is 9.81 Å². The first-order valence-electron chi connectivity index (χ1n) is 3.47.